The van der Waals surface area contributed by atoms with E-state index in [1.807, 2.05) is 35.8 Å². The van der Waals surface area contributed by atoms with Gasteiger partial charge in [-0.25, -0.2) is 4.98 Å². The first-order chi connectivity index (χ1) is 9.54. The zero-order valence-corrected chi connectivity index (χ0v) is 11.7. The number of rotatable bonds is 6. The van der Waals surface area contributed by atoms with Crippen LogP contribution < -0.4 is 0 Å². The average molecular weight is 277 g/mol. The number of imidazole rings is 1. The Labute approximate surface area is 117 Å². The summed E-state index contributed by atoms with van der Waals surface area (Å²) in [5.74, 6) is -0.104. The number of carboxylic acid groups (broad SMARTS) is 1. The third-order valence-electron chi connectivity index (χ3n) is 3.43. The number of benzene rings is 1. The molecule has 1 aromatic heterocycles. The molecule has 0 aliphatic heterocycles. The Bertz CT molecular complexity index is 609. The largest absolute Gasteiger partial charge is 0.480 e. The van der Waals surface area contributed by atoms with Gasteiger partial charge >= 0.3 is 5.97 Å². The van der Waals surface area contributed by atoms with Gasteiger partial charge in [0, 0.05) is 6.54 Å². The highest BCUT2D eigenvalue weighted by atomic mass is 16.4. The first-order valence-corrected chi connectivity index (χ1v) is 6.52. The third kappa shape index (κ3) is 2.81. The Kier molecular flexibility index (Phi) is 4.36. The van der Waals surface area contributed by atoms with Crippen LogP contribution in [0.15, 0.2) is 24.3 Å². The summed E-state index contributed by atoms with van der Waals surface area (Å²) in [6, 6.07) is 7.55. The standard InChI is InChI=1S/C14H19N3O3/c1-10(16(2)9-13(19)20)14-15-11-5-3-4-6-12(11)17(14)7-8-18/h3-6,10,18H,7-9H2,1-2H3,(H,19,20). The molecule has 2 N–H and O–H groups in total. The van der Waals surface area contributed by atoms with Crippen molar-refractivity contribution in [2.24, 2.45) is 0 Å². The second-order valence-electron chi connectivity index (χ2n) is 4.82. The van der Waals surface area contributed by atoms with Crippen molar-refractivity contribution in [3.63, 3.8) is 0 Å². The highest BCUT2D eigenvalue weighted by Crippen LogP contribution is 2.23. The predicted molar refractivity (Wildman–Crippen MR) is 75.5 cm³/mol. The minimum atomic E-state index is -0.871. The highest BCUT2D eigenvalue weighted by Gasteiger charge is 2.21. The Balaban J connectivity index is 2.41. The molecule has 0 saturated heterocycles. The topological polar surface area (TPSA) is 78.6 Å². The Hall–Kier alpha value is -1.92. The number of fused-ring (bicyclic) bond motifs is 1. The van der Waals surface area contributed by atoms with Gasteiger partial charge in [0.1, 0.15) is 5.82 Å². The van der Waals surface area contributed by atoms with Gasteiger partial charge in [0.25, 0.3) is 0 Å². The SMILES string of the molecule is CC(c1nc2ccccc2n1CCO)N(C)CC(=O)O. The molecule has 0 saturated carbocycles. The van der Waals surface area contributed by atoms with Crippen LogP contribution in [0.4, 0.5) is 0 Å². The van der Waals surface area contributed by atoms with Crippen LogP contribution in [0.3, 0.4) is 0 Å². The lowest BCUT2D eigenvalue weighted by Crippen LogP contribution is -2.30. The number of likely N-dealkylation sites (N-methyl/N-ethyl adjacent to an activating group) is 1. The molecule has 6 heteroatoms. The van der Waals surface area contributed by atoms with Gasteiger partial charge in [-0.15, -0.1) is 0 Å². The van der Waals surface area contributed by atoms with E-state index in [9.17, 15) is 9.90 Å². The number of aliphatic hydroxyl groups excluding tert-OH is 1. The molecule has 0 aliphatic carbocycles. The minimum absolute atomic E-state index is 0.0166. The molecule has 0 aliphatic rings. The number of nitrogens with zero attached hydrogens (tertiary/aromatic N) is 3. The fourth-order valence-electron chi connectivity index (χ4n) is 2.30. The van der Waals surface area contributed by atoms with Crippen molar-refractivity contribution in [2.75, 3.05) is 20.2 Å². The Morgan fingerprint density at radius 2 is 2.15 bits per heavy atom. The number of para-hydroxylation sites is 2. The molecular formula is C14H19N3O3. The molecule has 0 spiro atoms. The van der Waals surface area contributed by atoms with Crippen LogP contribution >= 0.6 is 0 Å². The maximum atomic E-state index is 10.8. The van der Waals surface area contributed by atoms with Gasteiger partial charge < -0.3 is 14.8 Å². The van der Waals surface area contributed by atoms with E-state index in [-0.39, 0.29) is 19.2 Å². The summed E-state index contributed by atoms with van der Waals surface area (Å²) in [5, 5.41) is 18.1. The van der Waals surface area contributed by atoms with Crippen LogP contribution in [0.1, 0.15) is 18.8 Å². The third-order valence-corrected chi connectivity index (χ3v) is 3.43. The van der Waals surface area contributed by atoms with Gasteiger partial charge in [-0.3, -0.25) is 9.69 Å². The molecule has 0 fully saturated rings. The van der Waals surface area contributed by atoms with E-state index in [1.54, 1.807) is 11.9 Å². The number of hydrogen-bond donors (Lipinski definition) is 2. The number of aliphatic carboxylic acids is 1. The van der Waals surface area contributed by atoms with E-state index >= 15 is 0 Å². The smallest absolute Gasteiger partial charge is 0.317 e. The summed E-state index contributed by atoms with van der Waals surface area (Å²) in [4.78, 5) is 17.1. The lowest BCUT2D eigenvalue weighted by atomic mass is 10.2. The van der Waals surface area contributed by atoms with Crippen molar-refractivity contribution in [3.05, 3.63) is 30.1 Å². The summed E-state index contributed by atoms with van der Waals surface area (Å²) in [6.07, 6.45) is 0. The summed E-state index contributed by atoms with van der Waals surface area (Å²) in [6.45, 7) is 2.32. The molecule has 0 amide bonds. The number of carbonyl (C=O) groups is 1. The van der Waals surface area contributed by atoms with Crippen molar-refractivity contribution in [3.8, 4) is 0 Å². The van der Waals surface area contributed by atoms with Gasteiger partial charge in [-0.05, 0) is 26.1 Å². The van der Waals surface area contributed by atoms with Crippen molar-refractivity contribution in [2.45, 2.75) is 19.5 Å². The maximum Gasteiger partial charge on any atom is 0.317 e. The van der Waals surface area contributed by atoms with E-state index in [2.05, 4.69) is 4.98 Å². The van der Waals surface area contributed by atoms with Crippen LogP contribution in [0.25, 0.3) is 11.0 Å². The van der Waals surface area contributed by atoms with Gasteiger partial charge in [0.2, 0.25) is 0 Å². The first-order valence-electron chi connectivity index (χ1n) is 6.52. The molecule has 108 valence electrons. The zero-order chi connectivity index (χ0) is 14.7. The molecular weight excluding hydrogens is 258 g/mol. The quantitative estimate of drug-likeness (QED) is 0.827. The first kappa shape index (κ1) is 14.5. The molecule has 1 heterocycles. The number of aromatic nitrogens is 2. The van der Waals surface area contributed by atoms with Crippen LogP contribution in [0, 0.1) is 0 Å². The second kappa shape index (κ2) is 6.02. The second-order valence-corrected chi connectivity index (χ2v) is 4.82. The van der Waals surface area contributed by atoms with Gasteiger partial charge in [0.15, 0.2) is 0 Å². The molecule has 1 atom stereocenters. The molecule has 6 nitrogen and oxygen atoms in total. The molecule has 0 bridgehead atoms. The number of hydrogen-bond acceptors (Lipinski definition) is 4. The molecule has 1 unspecified atom stereocenters. The van der Waals surface area contributed by atoms with Crippen molar-refractivity contribution < 1.29 is 15.0 Å². The molecule has 20 heavy (non-hydrogen) atoms. The molecule has 2 aromatic rings. The summed E-state index contributed by atoms with van der Waals surface area (Å²) in [7, 11) is 1.75. The van der Waals surface area contributed by atoms with Crippen LogP contribution in [-0.2, 0) is 11.3 Å². The molecule has 0 radical (unpaired) electrons. The Morgan fingerprint density at radius 3 is 2.80 bits per heavy atom. The fourth-order valence-corrected chi connectivity index (χ4v) is 2.30. The number of aliphatic hydroxyl groups is 1. The van der Waals surface area contributed by atoms with Crippen molar-refractivity contribution >= 4 is 17.0 Å². The summed E-state index contributed by atoms with van der Waals surface area (Å²) < 4.78 is 1.94. The predicted octanol–water partition coefficient (Wildman–Crippen LogP) is 1.11. The molecule has 1 aromatic carbocycles. The van der Waals surface area contributed by atoms with E-state index in [0.717, 1.165) is 16.9 Å². The van der Waals surface area contributed by atoms with Crippen LogP contribution in [0.2, 0.25) is 0 Å². The zero-order valence-electron chi connectivity index (χ0n) is 11.7. The average Bonchev–Trinajstić information content (AvgIpc) is 2.77. The van der Waals surface area contributed by atoms with E-state index in [0.29, 0.717) is 6.54 Å². The van der Waals surface area contributed by atoms with Gasteiger partial charge in [-0.1, -0.05) is 12.1 Å². The fraction of sp³-hybridized carbons (Fsp3) is 0.429. The van der Waals surface area contributed by atoms with E-state index in [1.165, 1.54) is 0 Å². The number of carboxylic acids is 1. The maximum absolute atomic E-state index is 10.8. The summed E-state index contributed by atoms with van der Waals surface area (Å²) in [5.41, 5.74) is 1.80. The summed E-state index contributed by atoms with van der Waals surface area (Å²) >= 11 is 0. The van der Waals surface area contributed by atoms with E-state index in [4.69, 9.17) is 5.11 Å². The van der Waals surface area contributed by atoms with Crippen molar-refractivity contribution in [1.29, 1.82) is 0 Å². The van der Waals surface area contributed by atoms with Crippen LogP contribution in [-0.4, -0.2) is 50.8 Å². The van der Waals surface area contributed by atoms with Gasteiger partial charge in [0.05, 0.1) is 30.2 Å². The van der Waals surface area contributed by atoms with E-state index < -0.39 is 5.97 Å². The normalized spacial score (nSPS) is 13.0. The minimum Gasteiger partial charge on any atom is -0.480 e. The Morgan fingerprint density at radius 1 is 1.45 bits per heavy atom. The lowest BCUT2D eigenvalue weighted by molar-refractivity contribution is -0.138. The highest BCUT2D eigenvalue weighted by molar-refractivity contribution is 5.76. The molecule has 2 rings (SSSR count). The van der Waals surface area contributed by atoms with Crippen molar-refractivity contribution in [1.82, 2.24) is 14.5 Å². The lowest BCUT2D eigenvalue weighted by Gasteiger charge is -2.23. The van der Waals surface area contributed by atoms with Crippen LogP contribution in [0.5, 0.6) is 0 Å². The monoisotopic (exact) mass is 277 g/mol. The van der Waals surface area contributed by atoms with Gasteiger partial charge in [-0.2, -0.15) is 0 Å².